The van der Waals surface area contributed by atoms with Gasteiger partial charge in [0.2, 0.25) is 5.91 Å². The van der Waals surface area contributed by atoms with Crippen molar-refractivity contribution in [2.24, 2.45) is 5.41 Å². The van der Waals surface area contributed by atoms with Gasteiger partial charge in [-0.1, -0.05) is 48.0 Å². The number of pyridine rings is 1. The van der Waals surface area contributed by atoms with E-state index in [1.165, 1.54) is 11.1 Å². The molecule has 1 atom stereocenters. The minimum atomic E-state index is -0.327. The molecule has 1 fully saturated rings. The Morgan fingerprint density at radius 3 is 2.58 bits per heavy atom. The number of aromatic nitrogens is 1. The number of hydrogen-bond acceptors (Lipinski definition) is 2. The molecular weight excluding hydrogens is 296 g/mol. The van der Waals surface area contributed by atoms with Crippen LogP contribution < -0.4 is 4.90 Å². The third kappa shape index (κ3) is 2.37. The number of β-lactam (4-membered cyclic amide) rings is 1. The van der Waals surface area contributed by atoms with Crippen molar-refractivity contribution in [3.63, 3.8) is 0 Å². The maximum absolute atomic E-state index is 12.9. The first-order valence-corrected chi connectivity index (χ1v) is 8.28. The highest BCUT2D eigenvalue weighted by atomic mass is 16.2. The molecule has 1 aliphatic heterocycles. The highest BCUT2D eigenvalue weighted by Gasteiger charge is 2.49. The van der Waals surface area contributed by atoms with Gasteiger partial charge >= 0.3 is 0 Å². The zero-order valence-electron chi connectivity index (χ0n) is 14.0. The fourth-order valence-corrected chi connectivity index (χ4v) is 3.51. The first kappa shape index (κ1) is 14.9. The molecule has 1 aliphatic rings. The standard InChI is InChI=1S/C21H20N2O/c1-15-8-10-16(11-9-15)13-21(2)14-23(20(21)24)18-7-3-5-17-6-4-12-22-19(17)18/h3-12H,13-14H2,1-2H3. The fourth-order valence-electron chi connectivity index (χ4n) is 3.51. The number of amides is 1. The van der Waals surface area contributed by atoms with Crippen LogP contribution >= 0.6 is 0 Å². The second-order valence-electron chi connectivity index (χ2n) is 6.97. The van der Waals surface area contributed by atoms with Crippen molar-refractivity contribution < 1.29 is 4.79 Å². The van der Waals surface area contributed by atoms with Gasteiger partial charge < -0.3 is 4.90 Å². The molecule has 3 heteroatoms. The minimum absolute atomic E-state index is 0.182. The number of para-hydroxylation sites is 1. The summed E-state index contributed by atoms with van der Waals surface area (Å²) in [7, 11) is 0. The topological polar surface area (TPSA) is 33.2 Å². The van der Waals surface area contributed by atoms with Crippen molar-refractivity contribution in [1.82, 2.24) is 4.98 Å². The summed E-state index contributed by atoms with van der Waals surface area (Å²) in [6, 6.07) is 18.4. The summed E-state index contributed by atoms with van der Waals surface area (Å²) in [5, 5.41) is 1.06. The van der Waals surface area contributed by atoms with Gasteiger partial charge in [-0.05, 0) is 38.0 Å². The van der Waals surface area contributed by atoms with Crippen LogP contribution in [0.4, 0.5) is 5.69 Å². The lowest BCUT2D eigenvalue weighted by Gasteiger charge is -2.47. The Morgan fingerprint density at radius 1 is 1.08 bits per heavy atom. The second kappa shape index (κ2) is 5.45. The summed E-state index contributed by atoms with van der Waals surface area (Å²) in [4.78, 5) is 19.2. The second-order valence-corrected chi connectivity index (χ2v) is 6.97. The molecule has 0 aliphatic carbocycles. The van der Waals surface area contributed by atoms with Crippen molar-refractivity contribution >= 4 is 22.5 Å². The summed E-state index contributed by atoms with van der Waals surface area (Å²) >= 11 is 0. The molecule has 1 aromatic heterocycles. The summed E-state index contributed by atoms with van der Waals surface area (Å²) < 4.78 is 0. The van der Waals surface area contributed by atoms with Gasteiger partial charge in [-0.3, -0.25) is 9.78 Å². The molecule has 24 heavy (non-hydrogen) atoms. The summed E-state index contributed by atoms with van der Waals surface area (Å²) in [6.45, 7) is 4.87. The first-order chi connectivity index (χ1) is 11.6. The van der Waals surface area contributed by atoms with Crippen LogP contribution in [0.1, 0.15) is 18.1 Å². The predicted octanol–water partition coefficient (Wildman–Crippen LogP) is 4.14. The van der Waals surface area contributed by atoms with E-state index in [4.69, 9.17) is 0 Å². The number of benzene rings is 2. The van der Waals surface area contributed by atoms with E-state index in [-0.39, 0.29) is 11.3 Å². The zero-order valence-corrected chi connectivity index (χ0v) is 14.0. The van der Waals surface area contributed by atoms with Crippen LogP contribution in [-0.2, 0) is 11.2 Å². The molecule has 3 aromatic rings. The van der Waals surface area contributed by atoms with E-state index in [0.717, 1.165) is 29.6 Å². The summed E-state index contributed by atoms with van der Waals surface area (Å²) in [6.07, 6.45) is 2.56. The summed E-state index contributed by atoms with van der Waals surface area (Å²) in [5.74, 6) is 0.182. The van der Waals surface area contributed by atoms with E-state index in [9.17, 15) is 4.79 Å². The minimum Gasteiger partial charge on any atom is -0.309 e. The van der Waals surface area contributed by atoms with Crippen LogP contribution in [0.5, 0.6) is 0 Å². The molecule has 0 radical (unpaired) electrons. The normalized spacial score (nSPS) is 20.2. The smallest absolute Gasteiger partial charge is 0.235 e. The Balaban J connectivity index is 1.60. The Hall–Kier alpha value is -2.68. The molecule has 1 saturated heterocycles. The zero-order chi connectivity index (χ0) is 16.7. The van der Waals surface area contributed by atoms with Crippen molar-refractivity contribution in [2.75, 3.05) is 11.4 Å². The third-order valence-electron chi connectivity index (χ3n) is 4.89. The molecule has 4 rings (SSSR count). The van der Waals surface area contributed by atoms with E-state index in [1.807, 2.05) is 35.2 Å². The SMILES string of the molecule is Cc1ccc(CC2(C)CN(c3cccc4cccnc34)C2=O)cc1. The van der Waals surface area contributed by atoms with Crippen molar-refractivity contribution in [1.29, 1.82) is 0 Å². The Kier molecular flexibility index (Phi) is 3.38. The number of carbonyl (C=O) groups is 1. The van der Waals surface area contributed by atoms with Crippen LogP contribution in [-0.4, -0.2) is 17.4 Å². The predicted molar refractivity (Wildman–Crippen MR) is 97.1 cm³/mol. The van der Waals surface area contributed by atoms with Gasteiger partial charge in [-0.25, -0.2) is 0 Å². The third-order valence-corrected chi connectivity index (χ3v) is 4.89. The van der Waals surface area contributed by atoms with Gasteiger partial charge in [0.1, 0.15) is 0 Å². The molecule has 0 saturated carbocycles. The van der Waals surface area contributed by atoms with Gasteiger partial charge in [-0.15, -0.1) is 0 Å². The number of fused-ring (bicyclic) bond motifs is 1. The summed E-state index contributed by atoms with van der Waals surface area (Å²) in [5.41, 5.74) is 3.94. The largest absolute Gasteiger partial charge is 0.309 e. The Bertz CT molecular complexity index is 911. The molecule has 3 nitrogen and oxygen atoms in total. The van der Waals surface area contributed by atoms with Crippen LogP contribution in [0, 0.1) is 12.3 Å². The van der Waals surface area contributed by atoms with Gasteiger partial charge in [0, 0.05) is 18.1 Å². The number of rotatable bonds is 3. The molecule has 1 amide bonds. The molecule has 0 spiro atoms. The molecule has 2 heterocycles. The van der Waals surface area contributed by atoms with Crippen LogP contribution in [0.3, 0.4) is 0 Å². The fraction of sp³-hybridized carbons (Fsp3) is 0.238. The lowest BCUT2D eigenvalue weighted by atomic mass is 9.75. The molecule has 0 N–H and O–H groups in total. The highest BCUT2D eigenvalue weighted by Crippen LogP contribution is 2.40. The Labute approximate surface area is 141 Å². The van der Waals surface area contributed by atoms with Crippen molar-refractivity contribution in [3.8, 4) is 0 Å². The number of aryl methyl sites for hydroxylation is 1. The maximum atomic E-state index is 12.9. The molecule has 1 unspecified atom stereocenters. The molecule has 2 aromatic carbocycles. The monoisotopic (exact) mass is 316 g/mol. The van der Waals surface area contributed by atoms with Crippen molar-refractivity contribution in [3.05, 3.63) is 71.9 Å². The first-order valence-electron chi connectivity index (χ1n) is 8.28. The quantitative estimate of drug-likeness (QED) is 0.680. The number of hydrogen-bond donors (Lipinski definition) is 0. The highest BCUT2D eigenvalue weighted by molar-refractivity contribution is 6.09. The average molecular weight is 316 g/mol. The Morgan fingerprint density at radius 2 is 1.83 bits per heavy atom. The maximum Gasteiger partial charge on any atom is 0.235 e. The van der Waals surface area contributed by atoms with Gasteiger partial charge in [-0.2, -0.15) is 0 Å². The number of anilines is 1. The van der Waals surface area contributed by atoms with E-state index >= 15 is 0 Å². The van der Waals surface area contributed by atoms with E-state index in [0.29, 0.717) is 0 Å². The molecular formula is C21H20N2O. The number of nitrogens with zero attached hydrogens (tertiary/aromatic N) is 2. The van der Waals surface area contributed by atoms with Gasteiger partial charge in [0.15, 0.2) is 0 Å². The lowest BCUT2D eigenvalue weighted by molar-refractivity contribution is -0.133. The van der Waals surface area contributed by atoms with Crippen LogP contribution in [0.25, 0.3) is 10.9 Å². The van der Waals surface area contributed by atoms with Crippen LogP contribution in [0.2, 0.25) is 0 Å². The molecule has 0 bridgehead atoms. The van der Waals surface area contributed by atoms with E-state index < -0.39 is 0 Å². The van der Waals surface area contributed by atoms with Gasteiger partial charge in [0.05, 0.1) is 16.6 Å². The average Bonchev–Trinajstić information content (AvgIpc) is 2.61. The van der Waals surface area contributed by atoms with E-state index in [2.05, 4.69) is 43.1 Å². The van der Waals surface area contributed by atoms with E-state index in [1.54, 1.807) is 6.20 Å². The van der Waals surface area contributed by atoms with Crippen molar-refractivity contribution in [2.45, 2.75) is 20.3 Å². The number of carbonyl (C=O) groups excluding carboxylic acids is 1. The van der Waals surface area contributed by atoms with Crippen LogP contribution in [0.15, 0.2) is 60.8 Å². The molecule has 120 valence electrons. The lowest BCUT2D eigenvalue weighted by Crippen LogP contribution is -2.61. The van der Waals surface area contributed by atoms with Gasteiger partial charge in [0.25, 0.3) is 0 Å².